The van der Waals surface area contributed by atoms with Gasteiger partial charge in [-0.15, -0.1) is 0 Å². The molecule has 0 aliphatic carbocycles. The number of Topliss-reactive ketones (excluding diaryl/α,β-unsaturated/α-hetero) is 1. The van der Waals surface area contributed by atoms with Crippen LogP contribution in [0.2, 0.25) is 0 Å². The number of hydrogen-bond acceptors (Lipinski definition) is 7. The van der Waals surface area contributed by atoms with Crippen LogP contribution in [0.4, 0.5) is 0 Å². The van der Waals surface area contributed by atoms with Crippen molar-refractivity contribution >= 4 is 28.6 Å². The SMILES string of the molecule is COC(=O)c1ccc(C2C(C(=O)c3cc4cccc(OC)c4o3)=C(O)C(=O)N2CCc2ccccc2)cc1. The number of methoxy groups -OCH3 is 2. The van der Waals surface area contributed by atoms with Crippen molar-refractivity contribution in [3.05, 3.63) is 113 Å². The molecule has 8 heteroatoms. The van der Waals surface area contributed by atoms with Gasteiger partial charge in [-0.3, -0.25) is 9.59 Å². The maximum atomic E-state index is 13.8. The molecule has 0 spiro atoms. The normalized spacial score (nSPS) is 15.3. The Hall–Kier alpha value is -4.85. The molecule has 38 heavy (non-hydrogen) atoms. The standard InChI is InChI=1S/C30H25NO7/c1-36-22-10-6-9-21-17-23(38-28(21)22)26(32)24-25(19-11-13-20(14-12-19)30(35)37-2)31(29(34)27(24)33)16-15-18-7-4-3-5-8-18/h3-14,17,25,33H,15-16H2,1-2H3. The van der Waals surface area contributed by atoms with Crippen LogP contribution < -0.4 is 4.74 Å². The van der Waals surface area contributed by atoms with Crippen molar-refractivity contribution in [1.82, 2.24) is 4.90 Å². The predicted molar refractivity (Wildman–Crippen MR) is 139 cm³/mol. The molecule has 0 saturated carbocycles. The van der Waals surface area contributed by atoms with Crippen LogP contribution in [-0.2, 0) is 16.0 Å². The number of benzene rings is 3. The Labute approximate surface area is 218 Å². The van der Waals surface area contributed by atoms with Gasteiger partial charge in [0.1, 0.15) is 0 Å². The summed E-state index contributed by atoms with van der Waals surface area (Å²) in [6.07, 6.45) is 0.514. The Morgan fingerprint density at radius 2 is 1.71 bits per heavy atom. The van der Waals surface area contributed by atoms with Gasteiger partial charge >= 0.3 is 5.97 Å². The molecular formula is C30H25NO7. The minimum atomic E-state index is -0.888. The molecule has 0 fully saturated rings. The van der Waals surface area contributed by atoms with Crippen LogP contribution in [0.1, 0.15) is 38.1 Å². The van der Waals surface area contributed by atoms with Crippen molar-refractivity contribution in [3.63, 3.8) is 0 Å². The van der Waals surface area contributed by atoms with Crippen molar-refractivity contribution in [2.24, 2.45) is 0 Å². The van der Waals surface area contributed by atoms with Gasteiger partial charge < -0.3 is 23.9 Å². The van der Waals surface area contributed by atoms with Crippen molar-refractivity contribution in [1.29, 1.82) is 0 Å². The van der Waals surface area contributed by atoms with Gasteiger partial charge in [-0.2, -0.15) is 0 Å². The molecule has 1 amide bonds. The molecule has 1 aliphatic heterocycles. The van der Waals surface area contributed by atoms with Gasteiger partial charge in [0, 0.05) is 11.9 Å². The molecule has 1 atom stereocenters. The second kappa shape index (κ2) is 10.3. The Morgan fingerprint density at radius 1 is 0.974 bits per heavy atom. The highest BCUT2D eigenvalue weighted by molar-refractivity contribution is 6.16. The fraction of sp³-hybridized carbons (Fsp3) is 0.167. The fourth-order valence-corrected chi connectivity index (χ4v) is 4.72. The van der Waals surface area contributed by atoms with Gasteiger partial charge in [0.25, 0.3) is 5.91 Å². The van der Waals surface area contributed by atoms with E-state index in [1.807, 2.05) is 30.3 Å². The molecule has 5 rings (SSSR count). The first-order chi connectivity index (χ1) is 18.4. The molecule has 4 aromatic rings. The van der Waals surface area contributed by atoms with Crippen molar-refractivity contribution < 1.29 is 33.4 Å². The lowest BCUT2D eigenvalue weighted by molar-refractivity contribution is -0.129. The second-order valence-electron chi connectivity index (χ2n) is 8.83. The number of ketones is 1. The predicted octanol–water partition coefficient (Wildman–Crippen LogP) is 5.05. The van der Waals surface area contributed by atoms with Gasteiger partial charge in [-0.1, -0.05) is 54.6 Å². The van der Waals surface area contributed by atoms with Gasteiger partial charge in [0.15, 0.2) is 22.9 Å². The zero-order valence-corrected chi connectivity index (χ0v) is 20.8. The van der Waals surface area contributed by atoms with Crippen molar-refractivity contribution in [2.75, 3.05) is 20.8 Å². The molecule has 0 bridgehead atoms. The molecule has 192 valence electrons. The average molecular weight is 512 g/mol. The van der Waals surface area contributed by atoms with Crippen LogP contribution >= 0.6 is 0 Å². The first-order valence-corrected chi connectivity index (χ1v) is 12.0. The van der Waals surface area contributed by atoms with Crippen LogP contribution in [-0.4, -0.2) is 48.4 Å². The molecule has 8 nitrogen and oxygen atoms in total. The van der Waals surface area contributed by atoms with Crippen molar-refractivity contribution in [2.45, 2.75) is 12.5 Å². The molecular weight excluding hydrogens is 486 g/mol. The number of ether oxygens (including phenoxy) is 2. The first kappa shape index (κ1) is 24.8. The summed E-state index contributed by atoms with van der Waals surface area (Å²) in [5.41, 5.74) is 2.18. The number of para-hydroxylation sites is 1. The molecule has 2 heterocycles. The topological polar surface area (TPSA) is 106 Å². The Kier molecular flexibility index (Phi) is 6.70. The summed E-state index contributed by atoms with van der Waals surface area (Å²) in [6, 6.07) is 22.0. The van der Waals surface area contributed by atoms with Crippen LogP contribution in [0.5, 0.6) is 5.75 Å². The van der Waals surface area contributed by atoms with Gasteiger partial charge in [0.2, 0.25) is 5.78 Å². The van der Waals surface area contributed by atoms with E-state index in [4.69, 9.17) is 13.9 Å². The summed E-state index contributed by atoms with van der Waals surface area (Å²) in [4.78, 5) is 40.5. The van der Waals surface area contributed by atoms with E-state index in [0.29, 0.717) is 34.3 Å². The summed E-state index contributed by atoms with van der Waals surface area (Å²) in [5.74, 6) is -1.97. The third kappa shape index (κ3) is 4.41. The minimum absolute atomic E-state index is 0.0278. The monoisotopic (exact) mass is 511 g/mol. The zero-order chi connectivity index (χ0) is 26.8. The van der Waals surface area contributed by atoms with Gasteiger partial charge in [0.05, 0.1) is 31.4 Å². The molecule has 1 aliphatic rings. The van der Waals surface area contributed by atoms with E-state index in [1.54, 1.807) is 48.5 Å². The maximum absolute atomic E-state index is 13.8. The number of aliphatic hydroxyl groups is 1. The van der Waals surface area contributed by atoms with E-state index < -0.39 is 29.5 Å². The highest BCUT2D eigenvalue weighted by Gasteiger charge is 2.44. The lowest BCUT2D eigenvalue weighted by atomic mass is 9.94. The highest BCUT2D eigenvalue weighted by Crippen LogP contribution is 2.40. The van der Waals surface area contributed by atoms with Crippen LogP contribution in [0.25, 0.3) is 11.0 Å². The molecule has 0 radical (unpaired) electrons. The molecule has 1 N–H and O–H groups in total. The van der Waals surface area contributed by atoms with E-state index in [2.05, 4.69) is 0 Å². The number of hydrogen-bond donors (Lipinski definition) is 1. The fourth-order valence-electron chi connectivity index (χ4n) is 4.72. The first-order valence-electron chi connectivity index (χ1n) is 12.0. The molecule has 3 aromatic carbocycles. The number of esters is 1. The Bertz CT molecular complexity index is 1550. The number of aliphatic hydroxyl groups excluding tert-OH is 1. The minimum Gasteiger partial charge on any atom is -0.503 e. The molecule has 1 aromatic heterocycles. The van der Waals surface area contributed by atoms with Gasteiger partial charge in [-0.05, 0) is 41.8 Å². The van der Waals surface area contributed by atoms with E-state index >= 15 is 0 Å². The summed E-state index contributed by atoms with van der Waals surface area (Å²) >= 11 is 0. The number of carbonyl (C=O) groups is 3. The van der Waals surface area contributed by atoms with E-state index in [0.717, 1.165) is 5.56 Å². The number of carbonyl (C=O) groups excluding carboxylic acids is 3. The summed E-state index contributed by atoms with van der Waals surface area (Å²) < 4.78 is 16.0. The van der Waals surface area contributed by atoms with Crippen LogP contribution in [0.15, 0.2) is 94.6 Å². The number of furan rings is 1. The quantitative estimate of drug-likeness (QED) is 0.261. The van der Waals surface area contributed by atoms with E-state index in [-0.39, 0.29) is 17.9 Å². The number of fused-ring (bicyclic) bond motifs is 1. The number of nitrogens with zero attached hydrogens (tertiary/aromatic N) is 1. The number of rotatable bonds is 8. The van der Waals surface area contributed by atoms with E-state index in [9.17, 15) is 19.5 Å². The third-order valence-electron chi connectivity index (χ3n) is 6.63. The largest absolute Gasteiger partial charge is 0.503 e. The summed E-state index contributed by atoms with van der Waals surface area (Å²) in [5, 5.41) is 11.6. The van der Waals surface area contributed by atoms with Gasteiger partial charge in [-0.25, -0.2) is 4.79 Å². The highest BCUT2D eigenvalue weighted by atomic mass is 16.5. The lowest BCUT2D eigenvalue weighted by Crippen LogP contribution is -2.33. The van der Waals surface area contributed by atoms with Crippen LogP contribution in [0.3, 0.4) is 0 Å². The zero-order valence-electron chi connectivity index (χ0n) is 20.8. The van der Waals surface area contributed by atoms with Crippen molar-refractivity contribution in [3.8, 4) is 5.75 Å². The lowest BCUT2D eigenvalue weighted by Gasteiger charge is -2.27. The molecule has 0 saturated heterocycles. The smallest absolute Gasteiger partial charge is 0.337 e. The Morgan fingerprint density at radius 3 is 2.39 bits per heavy atom. The van der Waals surface area contributed by atoms with E-state index in [1.165, 1.54) is 19.1 Å². The molecule has 1 unspecified atom stereocenters. The maximum Gasteiger partial charge on any atom is 0.337 e. The third-order valence-corrected chi connectivity index (χ3v) is 6.63. The number of amides is 1. The Balaban J connectivity index is 1.55. The second-order valence-corrected chi connectivity index (χ2v) is 8.83. The average Bonchev–Trinajstić information content (AvgIpc) is 3.50. The summed E-state index contributed by atoms with van der Waals surface area (Å²) in [6.45, 7) is 0.251. The summed E-state index contributed by atoms with van der Waals surface area (Å²) in [7, 11) is 2.79. The van der Waals surface area contributed by atoms with Crippen LogP contribution in [0, 0.1) is 0 Å².